The van der Waals surface area contributed by atoms with Gasteiger partial charge in [0.25, 0.3) is 5.69 Å². The number of amides is 2. The van der Waals surface area contributed by atoms with Crippen LogP contribution in [0.5, 0.6) is 0 Å². The topological polar surface area (TPSA) is 101 Å². The first kappa shape index (κ1) is 18.5. The van der Waals surface area contributed by atoms with Gasteiger partial charge in [0.1, 0.15) is 5.69 Å². The molecule has 2 amide bonds. The van der Waals surface area contributed by atoms with Crippen molar-refractivity contribution in [1.29, 1.82) is 0 Å². The van der Waals surface area contributed by atoms with Gasteiger partial charge in [-0.25, -0.2) is 0 Å². The summed E-state index contributed by atoms with van der Waals surface area (Å²) in [6, 6.07) is 13.3. The van der Waals surface area contributed by atoms with Gasteiger partial charge in [0.2, 0.25) is 11.8 Å². The van der Waals surface area contributed by atoms with E-state index in [0.717, 1.165) is 23.0 Å². The fraction of sp³-hybridized carbons (Fsp3) is 0.176. The predicted octanol–water partition coefficient (Wildman–Crippen LogP) is 3.21. The molecular weight excluding hydrogens is 342 g/mol. The first-order chi connectivity index (χ1) is 12.0. The molecule has 0 aliphatic rings. The molecule has 7 nitrogen and oxygen atoms in total. The second kappa shape index (κ2) is 8.84. The van der Waals surface area contributed by atoms with Crippen molar-refractivity contribution in [3.05, 3.63) is 64.2 Å². The minimum absolute atomic E-state index is 0.0211. The van der Waals surface area contributed by atoms with E-state index in [9.17, 15) is 19.7 Å². The largest absolute Gasteiger partial charge is 0.325 e. The Bertz CT molecular complexity index is 795. The Morgan fingerprint density at radius 1 is 0.960 bits per heavy atom. The summed E-state index contributed by atoms with van der Waals surface area (Å²) in [5, 5.41) is 16.2. The number of benzene rings is 2. The van der Waals surface area contributed by atoms with Crippen molar-refractivity contribution in [2.24, 2.45) is 0 Å². The molecule has 0 saturated heterocycles. The number of hydrogen-bond acceptors (Lipinski definition) is 5. The molecule has 25 heavy (non-hydrogen) atoms. The van der Waals surface area contributed by atoms with Crippen LogP contribution < -0.4 is 10.6 Å². The summed E-state index contributed by atoms with van der Waals surface area (Å²) < 4.78 is 0. The first-order valence-electron chi connectivity index (χ1n) is 7.44. The normalized spacial score (nSPS) is 10.1. The van der Waals surface area contributed by atoms with Crippen molar-refractivity contribution in [2.45, 2.75) is 6.92 Å². The summed E-state index contributed by atoms with van der Waals surface area (Å²) >= 11 is 1.13. The third-order valence-electron chi connectivity index (χ3n) is 3.26. The van der Waals surface area contributed by atoms with Crippen LogP contribution in [0.4, 0.5) is 17.1 Å². The fourth-order valence-corrected chi connectivity index (χ4v) is 2.68. The van der Waals surface area contributed by atoms with Crippen LogP contribution in [0.2, 0.25) is 0 Å². The van der Waals surface area contributed by atoms with Crippen molar-refractivity contribution in [1.82, 2.24) is 0 Å². The molecule has 0 saturated carbocycles. The monoisotopic (exact) mass is 359 g/mol. The highest BCUT2D eigenvalue weighted by Crippen LogP contribution is 2.23. The van der Waals surface area contributed by atoms with E-state index in [4.69, 9.17) is 0 Å². The van der Waals surface area contributed by atoms with Crippen LogP contribution in [0.1, 0.15) is 5.56 Å². The lowest BCUT2D eigenvalue weighted by Gasteiger charge is -2.08. The number of nitro benzene ring substituents is 1. The molecule has 2 aromatic rings. The van der Waals surface area contributed by atoms with Crippen molar-refractivity contribution >= 4 is 40.6 Å². The van der Waals surface area contributed by atoms with Crippen LogP contribution >= 0.6 is 11.8 Å². The summed E-state index contributed by atoms with van der Waals surface area (Å²) in [5.41, 5.74) is 1.66. The maximum Gasteiger partial charge on any atom is 0.292 e. The summed E-state index contributed by atoms with van der Waals surface area (Å²) in [4.78, 5) is 34.1. The fourth-order valence-electron chi connectivity index (χ4n) is 2.06. The molecule has 0 aliphatic heterocycles. The molecule has 0 unspecified atom stereocenters. The predicted molar refractivity (Wildman–Crippen MR) is 98.9 cm³/mol. The molecule has 0 aliphatic carbocycles. The van der Waals surface area contributed by atoms with Gasteiger partial charge in [0, 0.05) is 11.8 Å². The Hall–Kier alpha value is -2.87. The van der Waals surface area contributed by atoms with Crippen LogP contribution in [-0.4, -0.2) is 28.2 Å². The smallest absolute Gasteiger partial charge is 0.292 e. The molecular formula is C17H17N3O4S. The van der Waals surface area contributed by atoms with E-state index >= 15 is 0 Å². The number of rotatable bonds is 7. The molecule has 2 aromatic carbocycles. The van der Waals surface area contributed by atoms with Crippen LogP contribution in [0.25, 0.3) is 0 Å². The van der Waals surface area contributed by atoms with Crippen LogP contribution in [0, 0.1) is 17.0 Å². The van der Waals surface area contributed by atoms with Gasteiger partial charge in [0.15, 0.2) is 0 Å². The molecule has 2 rings (SSSR count). The Morgan fingerprint density at radius 2 is 1.48 bits per heavy atom. The first-order valence-corrected chi connectivity index (χ1v) is 8.59. The molecule has 130 valence electrons. The average Bonchev–Trinajstić information content (AvgIpc) is 2.57. The Balaban J connectivity index is 1.80. The van der Waals surface area contributed by atoms with E-state index < -0.39 is 10.8 Å². The maximum atomic E-state index is 11.9. The van der Waals surface area contributed by atoms with Gasteiger partial charge in [-0.1, -0.05) is 30.3 Å². The maximum absolute atomic E-state index is 11.9. The number of nitrogens with zero attached hydrogens (tertiary/aromatic N) is 1. The molecule has 0 heterocycles. The molecule has 0 fully saturated rings. The van der Waals surface area contributed by atoms with E-state index in [1.165, 1.54) is 18.2 Å². The highest BCUT2D eigenvalue weighted by Gasteiger charge is 2.15. The molecule has 2 N–H and O–H groups in total. The van der Waals surface area contributed by atoms with Crippen molar-refractivity contribution in [2.75, 3.05) is 22.1 Å². The Kier molecular flexibility index (Phi) is 6.53. The van der Waals surface area contributed by atoms with E-state index in [1.807, 2.05) is 25.1 Å². The standard InChI is InChI=1S/C17H17N3O4S/c1-12-6-2-3-7-13(12)18-16(21)10-25-11-17(22)19-14-8-4-5-9-15(14)20(23)24/h2-9H,10-11H2,1H3,(H,18,21)(H,19,22). The van der Waals surface area contributed by atoms with Crippen molar-refractivity contribution < 1.29 is 14.5 Å². The molecule has 0 radical (unpaired) electrons. The highest BCUT2D eigenvalue weighted by atomic mass is 32.2. The zero-order chi connectivity index (χ0) is 18.2. The lowest BCUT2D eigenvalue weighted by Crippen LogP contribution is -2.19. The number of carbonyl (C=O) groups excluding carboxylic acids is 2. The van der Waals surface area contributed by atoms with Gasteiger partial charge in [-0.15, -0.1) is 11.8 Å². The van der Waals surface area contributed by atoms with E-state index in [0.29, 0.717) is 0 Å². The SMILES string of the molecule is Cc1ccccc1NC(=O)CSCC(=O)Nc1ccccc1[N+](=O)[O-]. The second-order valence-electron chi connectivity index (χ2n) is 5.18. The zero-order valence-electron chi connectivity index (χ0n) is 13.5. The van der Waals surface area contributed by atoms with Crippen LogP contribution in [-0.2, 0) is 9.59 Å². The van der Waals surface area contributed by atoms with Crippen molar-refractivity contribution in [3.63, 3.8) is 0 Å². The second-order valence-corrected chi connectivity index (χ2v) is 6.16. The third-order valence-corrected chi connectivity index (χ3v) is 4.19. The number of para-hydroxylation sites is 3. The minimum Gasteiger partial charge on any atom is -0.325 e. The zero-order valence-corrected chi connectivity index (χ0v) is 14.3. The van der Waals surface area contributed by atoms with Gasteiger partial charge >= 0.3 is 0 Å². The van der Waals surface area contributed by atoms with E-state index in [-0.39, 0.29) is 28.8 Å². The van der Waals surface area contributed by atoms with Crippen molar-refractivity contribution in [3.8, 4) is 0 Å². The summed E-state index contributed by atoms with van der Waals surface area (Å²) in [5.74, 6) is -0.480. The highest BCUT2D eigenvalue weighted by molar-refractivity contribution is 8.00. The number of nitro groups is 1. The minimum atomic E-state index is -0.557. The van der Waals surface area contributed by atoms with Gasteiger partial charge in [-0.05, 0) is 24.6 Å². The number of carbonyl (C=O) groups is 2. The van der Waals surface area contributed by atoms with Gasteiger partial charge in [-0.3, -0.25) is 19.7 Å². The third kappa shape index (κ3) is 5.61. The quantitative estimate of drug-likeness (QED) is 0.584. The van der Waals surface area contributed by atoms with E-state index in [1.54, 1.807) is 12.1 Å². The molecule has 0 atom stereocenters. The number of nitrogens with one attached hydrogen (secondary N) is 2. The van der Waals surface area contributed by atoms with E-state index in [2.05, 4.69) is 10.6 Å². The van der Waals surface area contributed by atoms with Gasteiger partial charge < -0.3 is 10.6 Å². The number of thioether (sulfide) groups is 1. The Labute approximate surface area is 149 Å². The summed E-state index contributed by atoms with van der Waals surface area (Å²) in [7, 11) is 0. The summed E-state index contributed by atoms with van der Waals surface area (Å²) in [6.07, 6.45) is 0. The average molecular weight is 359 g/mol. The molecule has 0 spiro atoms. The Morgan fingerprint density at radius 3 is 2.08 bits per heavy atom. The molecule has 0 aromatic heterocycles. The van der Waals surface area contributed by atoms with Crippen LogP contribution in [0.3, 0.4) is 0 Å². The van der Waals surface area contributed by atoms with Crippen LogP contribution in [0.15, 0.2) is 48.5 Å². The molecule has 8 heteroatoms. The number of aryl methyl sites for hydroxylation is 1. The lowest BCUT2D eigenvalue weighted by atomic mass is 10.2. The van der Waals surface area contributed by atoms with Gasteiger partial charge in [-0.2, -0.15) is 0 Å². The number of hydrogen-bond donors (Lipinski definition) is 2. The van der Waals surface area contributed by atoms with Gasteiger partial charge in [0.05, 0.1) is 16.4 Å². The summed E-state index contributed by atoms with van der Waals surface area (Å²) in [6.45, 7) is 1.89. The molecule has 0 bridgehead atoms. The number of anilines is 2. The lowest BCUT2D eigenvalue weighted by molar-refractivity contribution is -0.383.